The van der Waals surface area contributed by atoms with E-state index in [-0.39, 0.29) is 23.7 Å². The third-order valence-corrected chi connectivity index (χ3v) is 4.85. The van der Waals surface area contributed by atoms with Gasteiger partial charge in [-0.3, -0.25) is 0 Å². The second kappa shape index (κ2) is 8.14. The van der Waals surface area contributed by atoms with Crippen LogP contribution in [-0.4, -0.2) is 27.8 Å². The SMILES string of the molecule is CCOC(=O)C1=C(O)C(=Cc2ccc(O)cc2)SC1=Nc1ccc(C)cc1. The number of aliphatic hydroxyl groups excluding tert-OH is 1. The van der Waals surface area contributed by atoms with Gasteiger partial charge in [0.05, 0.1) is 17.2 Å². The van der Waals surface area contributed by atoms with E-state index < -0.39 is 5.97 Å². The number of ether oxygens (including phenoxy) is 1. The molecule has 3 rings (SSSR count). The van der Waals surface area contributed by atoms with E-state index in [9.17, 15) is 15.0 Å². The first-order valence-corrected chi connectivity index (χ1v) is 9.24. The molecular formula is C21H19NO4S. The van der Waals surface area contributed by atoms with Crippen molar-refractivity contribution in [1.82, 2.24) is 0 Å². The van der Waals surface area contributed by atoms with Crippen molar-refractivity contribution in [2.24, 2.45) is 4.99 Å². The average Bonchev–Trinajstić information content (AvgIpc) is 2.94. The molecule has 2 aromatic rings. The molecule has 0 aliphatic carbocycles. The van der Waals surface area contributed by atoms with Crippen LogP contribution in [0.25, 0.3) is 6.08 Å². The molecule has 0 bridgehead atoms. The predicted molar refractivity (Wildman–Crippen MR) is 108 cm³/mol. The number of aliphatic hydroxyl groups is 1. The third kappa shape index (κ3) is 4.41. The van der Waals surface area contributed by atoms with Gasteiger partial charge in [-0.15, -0.1) is 0 Å². The van der Waals surface area contributed by atoms with Crippen LogP contribution in [0, 0.1) is 6.92 Å². The number of rotatable bonds is 4. The summed E-state index contributed by atoms with van der Waals surface area (Å²) in [5, 5.41) is 20.4. The number of phenolic OH excluding ortho intramolecular Hbond substituents is 1. The van der Waals surface area contributed by atoms with E-state index in [1.54, 1.807) is 37.3 Å². The third-order valence-electron chi connectivity index (χ3n) is 3.83. The van der Waals surface area contributed by atoms with Gasteiger partial charge in [-0.05, 0) is 49.8 Å². The summed E-state index contributed by atoms with van der Waals surface area (Å²) in [6.07, 6.45) is 1.73. The van der Waals surface area contributed by atoms with Crippen LogP contribution >= 0.6 is 11.8 Å². The minimum atomic E-state index is -0.609. The number of aryl methyl sites for hydroxylation is 1. The average molecular weight is 381 g/mol. The highest BCUT2D eigenvalue weighted by Gasteiger charge is 2.33. The number of phenols is 1. The first-order chi connectivity index (χ1) is 13.0. The van der Waals surface area contributed by atoms with Crippen LogP contribution in [0.4, 0.5) is 5.69 Å². The Kier molecular flexibility index (Phi) is 5.66. The topological polar surface area (TPSA) is 79.1 Å². The highest BCUT2D eigenvalue weighted by atomic mass is 32.2. The summed E-state index contributed by atoms with van der Waals surface area (Å²) in [5.74, 6) is -0.607. The molecule has 2 aromatic carbocycles. The Balaban J connectivity index is 2.02. The van der Waals surface area contributed by atoms with E-state index in [1.807, 2.05) is 31.2 Å². The van der Waals surface area contributed by atoms with Crippen molar-refractivity contribution in [1.29, 1.82) is 0 Å². The molecule has 2 N–H and O–H groups in total. The van der Waals surface area contributed by atoms with E-state index in [2.05, 4.69) is 4.99 Å². The van der Waals surface area contributed by atoms with Crippen molar-refractivity contribution in [2.45, 2.75) is 13.8 Å². The fourth-order valence-electron chi connectivity index (χ4n) is 2.45. The Morgan fingerprint density at radius 2 is 1.78 bits per heavy atom. The van der Waals surface area contributed by atoms with Gasteiger partial charge in [-0.25, -0.2) is 9.79 Å². The number of aliphatic imine (C=N–C) groups is 1. The van der Waals surface area contributed by atoms with E-state index in [0.29, 0.717) is 15.6 Å². The molecule has 138 valence electrons. The largest absolute Gasteiger partial charge is 0.508 e. The molecule has 0 unspecified atom stereocenters. The predicted octanol–water partition coefficient (Wildman–Crippen LogP) is 4.89. The molecule has 0 amide bonds. The van der Waals surface area contributed by atoms with Crippen LogP contribution in [-0.2, 0) is 9.53 Å². The molecule has 1 heterocycles. The van der Waals surface area contributed by atoms with Crippen molar-refractivity contribution in [2.75, 3.05) is 6.61 Å². The number of carbonyl (C=O) groups is 1. The van der Waals surface area contributed by atoms with Crippen LogP contribution in [0.2, 0.25) is 0 Å². The lowest BCUT2D eigenvalue weighted by atomic mass is 10.1. The zero-order chi connectivity index (χ0) is 19.4. The van der Waals surface area contributed by atoms with E-state index in [4.69, 9.17) is 4.74 Å². The molecule has 0 aromatic heterocycles. The molecule has 0 spiro atoms. The first-order valence-electron chi connectivity index (χ1n) is 8.43. The van der Waals surface area contributed by atoms with Crippen LogP contribution in [0.3, 0.4) is 0 Å². The van der Waals surface area contributed by atoms with Gasteiger partial charge in [0, 0.05) is 0 Å². The summed E-state index contributed by atoms with van der Waals surface area (Å²) in [7, 11) is 0. The Morgan fingerprint density at radius 3 is 2.41 bits per heavy atom. The molecule has 0 saturated heterocycles. The van der Waals surface area contributed by atoms with Crippen molar-refractivity contribution in [3.8, 4) is 5.75 Å². The van der Waals surface area contributed by atoms with Crippen molar-refractivity contribution >= 4 is 34.5 Å². The maximum atomic E-state index is 12.4. The lowest BCUT2D eigenvalue weighted by Gasteiger charge is -2.04. The van der Waals surface area contributed by atoms with Crippen LogP contribution in [0.1, 0.15) is 18.1 Å². The van der Waals surface area contributed by atoms with Gasteiger partial charge in [0.1, 0.15) is 22.1 Å². The quantitative estimate of drug-likeness (QED) is 0.737. The summed E-state index contributed by atoms with van der Waals surface area (Å²) in [6.45, 7) is 3.90. The Hall–Kier alpha value is -2.99. The molecule has 6 heteroatoms. The van der Waals surface area contributed by atoms with Gasteiger partial charge in [0.2, 0.25) is 0 Å². The zero-order valence-electron chi connectivity index (χ0n) is 15.0. The van der Waals surface area contributed by atoms with Crippen molar-refractivity contribution in [3.63, 3.8) is 0 Å². The van der Waals surface area contributed by atoms with Gasteiger partial charge in [-0.1, -0.05) is 41.6 Å². The molecule has 1 aliphatic rings. The summed E-state index contributed by atoms with van der Waals surface area (Å²) in [6, 6.07) is 14.1. The molecule has 27 heavy (non-hydrogen) atoms. The fourth-order valence-corrected chi connectivity index (χ4v) is 3.49. The first kappa shape index (κ1) is 18.8. The summed E-state index contributed by atoms with van der Waals surface area (Å²) < 4.78 is 5.09. The Labute approximate surface area is 161 Å². The highest BCUT2D eigenvalue weighted by Crippen LogP contribution is 2.40. The molecule has 1 aliphatic heterocycles. The second-order valence-electron chi connectivity index (χ2n) is 5.90. The van der Waals surface area contributed by atoms with E-state index >= 15 is 0 Å². The van der Waals surface area contributed by atoms with Gasteiger partial charge in [0.15, 0.2) is 0 Å². The lowest BCUT2D eigenvalue weighted by molar-refractivity contribution is -0.138. The van der Waals surface area contributed by atoms with Gasteiger partial charge in [0.25, 0.3) is 0 Å². The standard InChI is InChI=1S/C21H19NO4S/c1-3-26-21(25)18-19(24)17(12-14-6-10-16(23)11-7-14)27-20(18)22-15-8-4-13(2)5-9-15/h4-12,23-24H,3H2,1-2H3. The number of hydrogen-bond donors (Lipinski definition) is 2. The van der Waals surface area contributed by atoms with Crippen LogP contribution < -0.4 is 0 Å². The molecule has 0 radical (unpaired) electrons. The fraction of sp³-hybridized carbons (Fsp3) is 0.143. The summed E-state index contributed by atoms with van der Waals surface area (Å²) in [4.78, 5) is 17.4. The number of nitrogens with zero attached hydrogens (tertiary/aromatic N) is 1. The van der Waals surface area contributed by atoms with Gasteiger partial charge >= 0.3 is 5.97 Å². The molecule has 0 saturated carbocycles. The summed E-state index contributed by atoms with van der Waals surface area (Å²) in [5.41, 5.74) is 2.63. The van der Waals surface area contributed by atoms with Crippen molar-refractivity contribution < 1.29 is 19.7 Å². The van der Waals surface area contributed by atoms with Gasteiger partial charge < -0.3 is 14.9 Å². The van der Waals surface area contributed by atoms with Crippen molar-refractivity contribution in [3.05, 3.63) is 75.9 Å². The normalized spacial score (nSPS) is 17.0. The van der Waals surface area contributed by atoms with Crippen LogP contribution in [0.15, 0.2) is 69.8 Å². The minimum absolute atomic E-state index is 0.0625. The number of benzene rings is 2. The molecule has 0 atom stereocenters. The number of esters is 1. The van der Waals surface area contributed by atoms with E-state index in [1.165, 1.54) is 11.8 Å². The number of carbonyl (C=O) groups excluding carboxylic acids is 1. The number of thioether (sulfide) groups is 1. The minimum Gasteiger partial charge on any atom is -0.508 e. The lowest BCUT2D eigenvalue weighted by Crippen LogP contribution is -2.12. The molecular weight excluding hydrogens is 362 g/mol. The molecule has 5 nitrogen and oxygen atoms in total. The zero-order valence-corrected chi connectivity index (χ0v) is 15.8. The number of aromatic hydroxyl groups is 1. The maximum absolute atomic E-state index is 12.4. The smallest absolute Gasteiger partial charge is 0.344 e. The van der Waals surface area contributed by atoms with E-state index in [0.717, 1.165) is 11.1 Å². The Bertz CT molecular complexity index is 941. The van der Waals surface area contributed by atoms with Crippen LogP contribution in [0.5, 0.6) is 5.75 Å². The number of hydrogen-bond acceptors (Lipinski definition) is 6. The molecule has 0 fully saturated rings. The summed E-state index contributed by atoms with van der Waals surface area (Å²) >= 11 is 1.20. The highest BCUT2D eigenvalue weighted by molar-refractivity contribution is 8.18. The Morgan fingerprint density at radius 1 is 1.11 bits per heavy atom. The van der Waals surface area contributed by atoms with Gasteiger partial charge in [-0.2, -0.15) is 0 Å². The maximum Gasteiger partial charge on any atom is 0.344 e. The second-order valence-corrected chi connectivity index (χ2v) is 6.93. The monoisotopic (exact) mass is 381 g/mol.